The molecule has 0 aliphatic rings. The summed E-state index contributed by atoms with van der Waals surface area (Å²) in [7, 11) is 0. The van der Waals surface area contributed by atoms with Crippen molar-refractivity contribution in [3.05, 3.63) is 29.8 Å². The summed E-state index contributed by atoms with van der Waals surface area (Å²) in [6.07, 6.45) is -3.45. The third-order valence-corrected chi connectivity index (χ3v) is 3.23. The Morgan fingerprint density at radius 2 is 1.85 bits per heavy atom. The lowest BCUT2D eigenvalue weighted by Gasteiger charge is -2.25. The van der Waals surface area contributed by atoms with Crippen LogP contribution in [0.1, 0.15) is 32.3 Å². The van der Waals surface area contributed by atoms with Crippen molar-refractivity contribution in [2.75, 3.05) is 6.54 Å². The predicted octanol–water partition coefficient (Wildman–Crippen LogP) is 3.23. The lowest BCUT2D eigenvalue weighted by Crippen LogP contribution is -2.39. The van der Waals surface area contributed by atoms with E-state index in [-0.39, 0.29) is 5.75 Å². The van der Waals surface area contributed by atoms with Crippen molar-refractivity contribution in [3.8, 4) is 5.75 Å². The van der Waals surface area contributed by atoms with Crippen molar-refractivity contribution in [1.82, 2.24) is 5.32 Å². The molecule has 0 aliphatic heterocycles. The first-order valence-corrected chi connectivity index (χ1v) is 6.56. The SMILES string of the molecule is CCC(O)(CC)CNCc1cccc(OC(F)(F)F)c1. The summed E-state index contributed by atoms with van der Waals surface area (Å²) in [5.74, 6) is -0.238. The van der Waals surface area contributed by atoms with Crippen molar-refractivity contribution in [2.45, 2.75) is 45.2 Å². The molecular formula is C14H20F3NO2. The number of hydrogen-bond donors (Lipinski definition) is 2. The molecule has 2 N–H and O–H groups in total. The van der Waals surface area contributed by atoms with E-state index >= 15 is 0 Å². The molecule has 0 atom stereocenters. The molecule has 1 aromatic rings. The fourth-order valence-corrected chi connectivity index (χ4v) is 1.79. The van der Waals surface area contributed by atoms with Crippen LogP contribution in [-0.2, 0) is 6.54 Å². The van der Waals surface area contributed by atoms with Gasteiger partial charge in [-0.2, -0.15) is 0 Å². The molecule has 0 bridgehead atoms. The Bertz CT molecular complexity index is 417. The monoisotopic (exact) mass is 291 g/mol. The van der Waals surface area contributed by atoms with Gasteiger partial charge in [-0.1, -0.05) is 26.0 Å². The highest BCUT2D eigenvalue weighted by Gasteiger charge is 2.31. The van der Waals surface area contributed by atoms with Crippen molar-refractivity contribution in [1.29, 1.82) is 0 Å². The third-order valence-electron chi connectivity index (χ3n) is 3.23. The summed E-state index contributed by atoms with van der Waals surface area (Å²) in [6.45, 7) is 4.55. The molecule has 1 aromatic carbocycles. The van der Waals surface area contributed by atoms with Gasteiger partial charge in [-0.3, -0.25) is 0 Å². The number of nitrogens with one attached hydrogen (secondary N) is 1. The fourth-order valence-electron chi connectivity index (χ4n) is 1.79. The molecule has 0 spiro atoms. The molecule has 0 radical (unpaired) electrons. The molecule has 0 saturated carbocycles. The molecule has 114 valence electrons. The Hall–Kier alpha value is -1.27. The number of alkyl halides is 3. The Labute approximate surface area is 116 Å². The molecule has 3 nitrogen and oxygen atoms in total. The van der Waals surface area contributed by atoms with Gasteiger partial charge >= 0.3 is 6.36 Å². The second-order valence-electron chi connectivity index (χ2n) is 4.73. The van der Waals surface area contributed by atoms with E-state index in [9.17, 15) is 18.3 Å². The highest BCUT2D eigenvalue weighted by atomic mass is 19.4. The van der Waals surface area contributed by atoms with Crippen LogP contribution in [0.5, 0.6) is 5.75 Å². The van der Waals surface area contributed by atoms with Gasteiger partial charge in [0.1, 0.15) is 5.75 Å². The minimum atomic E-state index is -4.68. The lowest BCUT2D eigenvalue weighted by molar-refractivity contribution is -0.274. The van der Waals surface area contributed by atoms with Gasteiger partial charge in [-0.15, -0.1) is 13.2 Å². The summed E-state index contributed by atoms with van der Waals surface area (Å²) in [6, 6.07) is 5.79. The molecule has 0 fully saturated rings. The van der Waals surface area contributed by atoms with Crippen molar-refractivity contribution < 1.29 is 23.0 Å². The van der Waals surface area contributed by atoms with E-state index in [1.54, 1.807) is 6.07 Å². The average molecular weight is 291 g/mol. The number of ether oxygens (including phenoxy) is 1. The zero-order valence-corrected chi connectivity index (χ0v) is 11.6. The number of hydrogen-bond acceptors (Lipinski definition) is 3. The van der Waals surface area contributed by atoms with Gasteiger partial charge in [0.15, 0.2) is 0 Å². The van der Waals surface area contributed by atoms with Gasteiger partial charge in [0.25, 0.3) is 0 Å². The summed E-state index contributed by atoms with van der Waals surface area (Å²) < 4.78 is 40.2. The second kappa shape index (κ2) is 6.95. The molecule has 0 heterocycles. The van der Waals surface area contributed by atoms with Crippen molar-refractivity contribution in [2.24, 2.45) is 0 Å². The number of benzene rings is 1. The average Bonchev–Trinajstić information content (AvgIpc) is 2.37. The van der Waals surface area contributed by atoms with Crippen LogP contribution in [0.25, 0.3) is 0 Å². The molecule has 20 heavy (non-hydrogen) atoms. The maximum atomic E-state index is 12.1. The van der Waals surface area contributed by atoms with Gasteiger partial charge in [-0.05, 0) is 30.5 Å². The maximum absolute atomic E-state index is 12.1. The van der Waals surface area contributed by atoms with Crippen LogP contribution in [0.15, 0.2) is 24.3 Å². The van der Waals surface area contributed by atoms with Crippen LogP contribution in [0, 0.1) is 0 Å². The van der Waals surface area contributed by atoms with Crippen molar-refractivity contribution in [3.63, 3.8) is 0 Å². The molecule has 0 aliphatic carbocycles. The zero-order valence-electron chi connectivity index (χ0n) is 11.6. The van der Waals surface area contributed by atoms with Gasteiger partial charge in [0.2, 0.25) is 0 Å². The van der Waals surface area contributed by atoms with Crippen LogP contribution < -0.4 is 10.1 Å². The first-order valence-electron chi connectivity index (χ1n) is 6.56. The Morgan fingerprint density at radius 3 is 2.40 bits per heavy atom. The third kappa shape index (κ3) is 5.79. The summed E-state index contributed by atoms with van der Waals surface area (Å²) in [5, 5.41) is 13.1. The van der Waals surface area contributed by atoms with Crippen LogP contribution in [0.3, 0.4) is 0 Å². The largest absolute Gasteiger partial charge is 0.573 e. The summed E-state index contributed by atoms with van der Waals surface area (Å²) >= 11 is 0. The lowest BCUT2D eigenvalue weighted by atomic mass is 9.97. The highest BCUT2D eigenvalue weighted by Crippen LogP contribution is 2.23. The molecule has 0 aromatic heterocycles. The van der Waals surface area contributed by atoms with Gasteiger partial charge < -0.3 is 15.2 Å². The number of halogens is 3. The number of rotatable bonds is 7. The second-order valence-corrected chi connectivity index (χ2v) is 4.73. The summed E-state index contributed by atoms with van der Waals surface area (Å²) in [4.78, 5) is 0. The topological polar surface area (TPSA) is 41.5 Å². The minimum absolute atomic E-state index is 0.238. The standard InChI is InChI=1S/C14H20F3NO2/c1-3-13(19,4-2)10-18-9-11-6-5-7-12(8-11)20-14(15,16)17/h5-8,18-19H,3-4,9-10H2,1-2H3. The van der Waals surface area contributed by atoms with Crippen LogP contribution in [-0.4, -0.2) is 23.6 Å². The molecule has 0 amide bonds. The fraction of sp³-hybridized carbons (Fsp3) is 0.571. The van der Waals surface area contributed by atoms with Gasteiger partial charge in [0, 0.05) is 13.1 Å². The first kappa shape index (κ1) is 16.8. The normalized spacial score (nSPS) is 12.5. The Morgan fingerprint density at radius 1 is 1.20 bits per heavy atom. The predicted molar refractivity (Wildman–Crippen MR) is 70.4 cm³/mol. The Kier molecular flexibility index (Phi) is 5.83. The van der Waals surface area contributed by atoms with E-state index in [2.05, 4.69) is 10.1 Å². The van der Waals surface area contributed by atoms with Gasteiger partial charge in [0.05, 0.1) is 5.60 Å². The summed E-state index contributed by atoms with van der Waals surface area (Å²) in [5.41, 5.74) is -0.110. The van der Waals surface area contributed by atoms with E-state index in [4.69, 9.17) is 0 Å². The van der Waals surface area contributed by atoms with E-state index in [1.165, 1.54) is 18.2 Å². The Balaban J connectivity index is 2.55. The number of aliphatic hydroxyl groups is 1. The van der Waals surface area contributed by atoms with Crippen molar-refractivity contribution >= 4 is 0 Å². The first-order chi connectivity index (χ1) is 9.28. The molecule has 6 heteroatoms. The van der Waals surface area contributed by atoms with E-state index in [0.29, 0.717) is 31.5 Å². The molecule has 0 saturated heterocycles. The van der Waals surface area contributed by atoms with E-state index < -0.39 is 12.0 Å². The van der Waals surface area contributed by atoms with Crippen LogP contribution in [0.4, 0.5) is 13.2 Å². The smallest absolute Gasteiger partial charge is 0.406 e. The maximum Gasteiger partial charge on any atom is 0.573 e. The van der Waals surface area contributed by atoms with E-state index in [0.717, 1.165) is 0 Å². The zero-order chi connectivity index (χ0) is 15.2. The molecule has 0 unspecified atom stereocenters. The quantitative estimate of drug-likeness (QED) is 0.810. The van der Waals surface area contributed by atoms with Crippen LogP contribution in [0.2, 0.25) is 0 Å². The highest BCUT2D eigenvalue weighted by molar-refractivity contribution is 5.28. The van der Waals surface area contributed by atoms with Gasteiger partial charge in [-0.25, -0.2) is 0 Å². The minimum Gasteiger partial charge on any atom is -0.406 e. The van der Waals surface area contributed by atoms with Crippen LogP contribution >= 0.6 is 0 Å². The molecule has 1 rings (SSSR count). The molecular weight excluding hydrogens is 271 g/mol. The van der Waals surface area contributed by atoms with E-state index in [1.807, 2.05) is 13.8 Å².